The Bertz CT molecular complexity index is 788. The SMILES string of the molecule is CCOc1ncccc1CN[C@@H](C)c1ccc2ccccc2n1. The Hall–Kier alpha value is -2.46. The van der Waals surface area contributed by atoms with Crippen molar-refractivity contribution >= 4 is 10.9 Å². The molecule has 2 aromatic heterocycles. The van der Waals surface area contributed by atoms with Gasteiger partial charge in [0, 0.05) is 29.7 Å². The van der Waals surface area contributed by atoms with Crippen LogP contribution >= 0.6 is 0 Å². The number of nitrogens with one attached hydrogen (secondary N) is 1. The van der Waals surface area contributed by atoms with Gasteiger partial charge in [-0.2, -0.15) is 0 Å². The van der Waals surface area contributed by atoms with Crippen LogP contribution in [0.3, 0.4) is 0 Å². The molecule has 3 aromatic rings. The minimum atomic E-state index is 0.147. The van der Waals surface area contributed by atoms with E-state index in [0.29, 0.717) is 19.0 Å². The molecule has 3 rings (SSSR count). The number of rotatable bonds is 6. The highest BCUT2D eigenvalue weighted by Gasteiger charge is 2.10. The molecule has 0 aliphatic heterocycles. The van der Waals surface area contributed by atoms with Crippen molar-refractivity contribution < 1.29 is 4.74 Å². The number of benzene rings is 1. The lowest BCUT2D eigenvalue weighted by molar-refractivity contribution is 0.321. The van der Waals surface area contributed by atoms with Crippen LogP contribution in [0.15, 0.2) is 54.7 Å². The number of aromatic nitrogens is 2. The van der Waals surface area contributed by atoms with E-state index in [4.69, 9.17) is 9.72 Å². The second kappa shape index (κ2) is 7.20. The summed E-state index contributed by atoms with van der Waals surface area (Å²) in [7, 11) is 0. The lowest BCUT2D eigenvalue weighted by Gasteiger charge is -2.15. The van der Waals surface area contributed by atoms with E-state index in [1.807, 2.05) is 37.3 Å². The molecule has 0 fully saturated rings. The zero-order chi connectivity index (χ0) is 16.1. The Balaban J connectivity index is 1.72. The molecule has 0 amide bonds. The van der Waals surface area contributed by atoms with E-state index in [-0.39, 0.29) is 6.04 Å². The van der Waals surface area contributed by atoms with Gasteiger partial charge in [0.05, 0.1) is 17.8 Å². The second-order valence-corrected chi connectivity index (χ2v) is 5.43. The first-order valence-corrected chi connectivity index (χ1v) is 7.93. The first kappa shape index (κ1) is 15.4. The number of pyridine rings is 2. The number of fused-ring (bicyclic) bond motifs is 1. The van der Waals surface area contributed by atoms with Gasteiger partial charge in [0.1, 0.15) is 0 Å². The third-order valence-electron chi connectivity index (χ3n) is 3.79. The summed E-state index contributed by atoms with van der Waals surface area (Å²) in [6.07, 6.45) is 1.75. The van der Waals surface area contributed by atoms with E-state index in [1.165, 1.54) is 0 Å². The number of nitrogens with zero attached hydrogens (tertiary/aromatic N) is 2. The van der Waals surface area contributed by atoms with E-state index in [2.05, 4.69) is 35.4 Å². The molecule has 23 heavy (non-hydrogen) atoms. The number of para-hydroxylation sites is 1. The lowest BCUT2D eigenvalue weighted by atomic mass is 10.1. The summed E-state index contributed by atoms with van der Waals surface area (Å²) in [5.41, 5.74) is 3.11. The molecule has 118 valence electrons. The van der Waals surface area contributed by atoms with Crippen molar-refractivity contribution in [2.24, 2.45) is 0 Å². The lowest BCUT2D eigenvalue weighted by Crippen LogP contribution is -2.19. The molecule has 0 unspecified atom stereocenters. The molecular weight excluding hydrogens is 286 g/mol. The van der Waals surface area contributed by atoms with Gasteiger partial charge in [0.25, 0.3) is 0 Å². The van der Waals surface area contributed by atoms with Crippen LogP contribution in [-0.4, -0.2) is 16.6 Å². The predicted molar refractivity (Wildman–Crippen MR) is 92.4 cm³/mol. The Kier molecular flexibility index (Phi) is 4.83. The molecule has 0 aliphatic rings. The quantitative estimate of drug-likeness (QED) is 0.751. The van der Waals surface area contributed by atoms with E-state index in [0.717, 1.165) is 22.2 Å². The van der Waals surface area contributed by atoms with Crippen molar-refractivity contribution in [1.82, 2.24) is 15.3 Å². The Morgan fingerprint density at radius 2 is 1.96 bits per heavy atom. The van der Waals surface area contributed by atoms with Crippen LogP contribution in [-0.2, 0) is 6.54 Å². The maximum atomic E-state index is 5.57. The van der Waals surface area contributed by atoms with Crippen LogP contribution in [0.5, 0.6) is 5.88 Å². The van der Waals surface area contributed by atoms with Crippen LogP contribution in [0.1, 0.15) is 31.1 Å². The average Bonchev–Trinajstić information content (AvgIpc) is 2.60. The summed E-state index contributed by atoms with van der Waals surface area (Å²) in [6.45, 7) is 5.39. The Morgan fingerprint density at radius 1 is 1.09 bits per heavy atom. The van der Waals surface area contributed by atoms with Gasteiger partial charge < -0.3 is 10.1 Å². The highest BCUT2D eigenvalue weighted by molar-refractivity contribution is 5.78. The van der Waals surface area contributed by atoms with Gasteiger partial charge in [0.2, 0.25) is 5.88 Å². The normalized spacial score (nSPS) is 12.3. The van der Waals surface area contributed by atoms with Gasteiger partial charge in [-0.25, -0.2) is 4.98 Å². The molecule has 4 nitrogen and oxygen atoms in total. The second-order valence-electron chi connectivity index (χ2n) is 5.43. The van der Waals surface area contributed by atoms with Crippen LogP contribution in [0, 0.1) is 0 Å². The standard InChI is InChI=1S/C19H21N3O/c1-3-23-19-16(8-6-12-20-19)13-21-14(2)17-11-10-15-7-4-5-9-18(15)22-17/h4-12,14,21H,3,13H2,1-2H3/t14-/m0/s1. The maximum absolute atomic E-state index is 5.57. The zero-order valence-corrected chi connectivity index (χ0v) is 13.5. The molecule has 2 heterocycles. The zero-order valence-electron chi connectivity index (χ0n) is 13.5. The molecule has 1 atom stereocenters. The van der Waals surface area contributed by atoms with Crippen molar-refractivity contribution in [3.05, 3.63) is 66.0 Å². The van der Waals surface area contributed by atoms with Gasteiger partial charge in [0.15, 0.2) is 0 Å². The molecule has 0 aliphatic carbocycles. The maximum Gasteiger partial charge on any atom is 0.217 e. The summed E-state index contributed by atoms with van der Waals surface area (Å²) < 4.78 is 5.57. The smallest absolute Gasteiger partial charge is 0.217 e. The van der Waals surface area contributed by atoms with E-state index in [9.17, 15) is 0 Å². The predicted octanol–water partition coefficient (Wildman–Crippen LogP) is 3.88. The molecular formula is C19H21N3O. The third-order valence-corrected chi connectivity index (χ3v) is 3.79. The van der Waals surface area contributed by atoms with Gasteiger partial charge in [-0.1, -0.05) is 30.3 Å². The van der Waals surface area contributed by atoms with Crippen LogP contribution < -0.4 is 10.1 Å². The third kappa shape index (κ3) is 3.66. The molecule has 0 saturated carbocycles. The summed E-state index contributed by atoms with van der Waals surface area (Å²) in [6, 6.07) is 16.5. The topological polar surface area (TPSA) is 47.0 Å². The molecule has 0 bridgehead atoms. The van der Waals surface area contributed by atoms with E-state index >= 15 is 0 Å². The van der Waals surface area contributed by atoms with Crippen LogP contribution in [0.2, 0.25) is 0 Å². The molecule has 1 N–H and O–H groups in total. The largest absolute Gasteiger partial charge is 0.478 e. The van der Waals surface area contributed by atoms with E-state index in [1.54, 1.807) is 6.20 Å². The summed E-state index contributed by atoms with van der Waals surface area (Å²) in [4.78, 5) is 9.02. The van der Waals surface area contributed by atoms with Crippen molar-refractivity contribution in [2.45, 2.75) is 26.4 Å². The molecule has 0 spiro atoms. The highest BCUT2D eigenvalue weighted by Crippen LogP contribution is 2.19. The van der Waals surface area contributed by atoms with Gasteiger partial charge in [-0.05, 0) is 32.0 Å². The van der Waals surface area contributed by atoms with Crippen LogP contribution in [0.25, 0.3) is 10.9 Å². The van der Waals surface area contributed by atoms with E-state index < -0.39 is 0 Å². The van der Waals surface area contributed by atoms with Gasteiger partial charge >= 0.3 is 0 Å². The minimum absolute atomic E-state index is 0.147. The Labute approximate surface area is 136 Å². The Morgan fingerprint density at radius 3 is 2.83 bits per heavy atom. The average molecular weight is 307 g/mol. The van der Waals surface area contributed by atoms with Crippen molar-refractivity contribution in [1.29, 1.82) is 0 Å². The van der Waals surface area contributed by atoms with Crippen molar-refractivity contribution in [3.63, 3.8) is 0 Å². The van der Waals surface area contributed by atoms with Crippen molar-refractivity contribution in [2.75, 3.05) is 6.61 Å². The summed E-state index contributed by atoms with van der Waals surface area (Å²) in [5.74, 6) is 0.696. The molecule has 0 radical (unpaired) electrons. The summed E-state index contributed by atoms with van der Waals surface area (Å²) in [5, 5.41) is 4.66. The van der Waals surface area contributed by atoms with Crippen LogP contribution in [0.4, 0.5) is 0 Å². The molecule has 4 heteroatoms. The number of hydrogen-bond acceptors (Lipinski definition) is 4. The fourth-order valence-corrected chi connectivity index (χ4v) is 2.52. The van der Waals surface area contributed by atoms with Gasteiger partial charge in [-0.15, -0.1) is 0 Å². The molecule has 1 aromatic carbocycles. The monoisotopic (exact) mass is 307 g/mol. The highest BCUT2D eigenvalue weighted by atomic mass is 16.5. The summed E-state index contributed by atoms with van der Waals surface area (Å²) >= 11 is 0. The number of ether oxygens (including phenoxy) is 1. The molecule has 0 saturated heterocycles. The first-order chi connectivity index (χ1) is 11.3. The van der Waals surface area contributed by atoms with Crippen molar-refractivity contribution in [3.8, 4) is 5.88 Å². The number of hydrogen-bond donors (Lipinski definition) is 1. The first-order valence-electron chi connectivity index (χ1n) is 7.93. The fourth-order valence-electron chi connectivity index (χ4n) is 2.52. The minimum Gasteiger partial charge on any atom is -0.478 e. The fraction of sp³-hybridized carbons (Fsp3) is 0.263. The van der Waals surface area contributed by atoms with Gasteiger partial charge in [-0.3, -0.25) is 4.98 Å².